The number of piperidine rings is 1. The summed E-state index contributed by atoms with van der Waals surface area (Å²) in [6, 6.07) is 9.00. The molecule has 2 atom stereocenters. The number of rotatable bonds is 17. The van der Waals surface area contributed by atoms with E-state index >= 15 is 0 Å². The quantitative estimate of drug-likeness (QED) is 0.0906. The van der Waals surface area contributed by atoms with E-state index in [4.69, 9.17) is 21.8 Å². The third-order valence-corrected chi connectivity index (χ3v) is 9.37. The number of aliphatic carboxylic acids is 1. The molecule has 2 aliphatic rings. The Morgan fingerprint density at radius 3 is 2.37 bits per heavy atom. The first-order valence-electron chi connectivity index (χ1n) is 17.7. The molecule has 2 aliphatic heterocycles. The number of aliphatic imine (C=N–C) groups is 1. The van der Waals surface area contributed by atoms with Crippen molar-refractivity contribution in [3.63, 3.8) is 0 Å². The van der Waals surface area contributed by atoms with E-state index in [1.807, 2.05) is 17.0 Å². The summed E-state index contributed by atoms with van der Waals surface area (Å²) in [5.41, 5.74) is 12.0. The Morgan fingerprint density at radius 2 is 1.71 bits per heavy atom. The summed E-state index contributed by atoms with van der Waals surface area (Å²) in [4.78, 5) is 51.6. The van der Waals surface area contributed by atoms with Gasteiger partial charge in [-0.2, -0.15) is 18.4 Å². The van der Waals surface area contributed by atoms with Crippen LogP contribution in [0.2, 0.25) is 0 Å². The lowest BCUT2D eigenvalue weighted by atomic mass is 9.91. The minimum Gasteiger partial charge on any atom is -0.480 e. The van der Waals surface area contributed by atoms with E-state index in [2.05, 4.69) is 31.7 Å². The smallest absolute Gasteiger partial charge is 0.451 e. The highest BCUT2D eigenvalue weighted by Crippen LogP contribution is 2.34. The molecular weight excluding hydrogens is 681 g/mol. The summed E-state index contributed by atoms with van der Waals surface area (Å²) < 4.78 is 42.0. The van der Waals surface area contributed by atoms with Crippen LogP contribution in [0, 0.1) is 17.2 Å². The van der Waals surface area contributed by atoms with Crippen LogP contribution in [0.5, 0.6) is 0 Å². The van der Waals surface area contributed by atoms with Gasteiger partial charge in [0, 0.05) is 45.2 Å². The molecule has 17 heteroatoms. The number of aromatic nitrogens is 2. The molecule has 0 radical (unpaired) electrons. The van der Waals surface area contributed by atoms with Crippen LogP contribution in [0.1, 0.15) is 81.2 Å². The van der Waals surface area contributed by atoms with E-state index in [-0.39, 0.29) is 35.8 Å². The number of nitrogens with two attached hydrogens (primary N) is 2. The summed E-state index contributed by atoms with van der Waals surface area (Å²) in [6.07, 6.45) is 1.55. The van der Waals surface area contributed by atoms with Gasteiger partial charge in [-0.05, 0) is 87.8 Å². The van der Waals surface area contributed by atoms with Crippen molar-refractivity contribution < 1.29 is 32.7 Å². The van der Waals surface area contributed by atoms with Crippen LogP contribution < -0.4 is 31.9 Å². The Balaban J connectivity index is 1.24. The molecule has 14 nitrogen and oxygen atoms in total. The summed E-state index contributed by atoms with van der Waals surface area (Å²) in [6.45, 7) is 2.15. The molecule has 7 N–H and O–H groups in total. The Bertz CT molecular complexity index is 1590. The number of carboxylic acid groups (broad SMARTS) is 1. The van der Waals surface area contributed by atoms with Crippen molar-refractivity contribution in [3.8, 4) is 6.07 Å². The minimum atomic E-state index is -4.77. The van der Waals surface area contributed by atoms with Crippen molar-refractivity contribution >= 4 is 35.4 Å². The molecule has 0 spiro atoms. The molecule has 0 saturated carbocycles. The Labute approximate surface area is 300 Å². The van der Waals surface area contributed by atoms with Crippen LogP contribution in [-0.4, -0.2) is 83.6 Å². The molecule has 2 aromatic rings. The molecule has 282 valence electrons. The van der Waals surface area contributed by atoms with Gasteiger partial charge in [0.15, 0.2) is 12.0 Å². The molecule has 2 saturated heterocycles. The predicted molar refractivity (Wildman–Crippen MR) is 188 cm³/mol. The summed E-state index contributed by atoms with van der Waals surface area (Å²) >= 11 is 0. The maximum atomic E-state index is 14.0. The predicted octanol–water partition coefficient (Wildman–Crippen LogP) is 3.09. The van der Waals surface area contributed by atoms with Crippen molar-refractivity contribution in [3.05, 3.63) is 47.3 Å². The number of nitrogens with zero attached hydrogens (tertiary/aromatic N) is 6. The average molecular weight is 729 g/mol. The number of carbonyl (C=O) groups is 3. The van der Waals surface area contributed by atoms with Crippen LogP contribution >= 0.6 is 0 Å². The highest BCUT2D eigenvalue weighted by molar-refractivity contribution is 5.85. The van der Waals surface area contributed by atoms with E-state index in [9.17, 15) is 27.6 Å². The molecule has 2 amide bonds. The normalized spacial score (nSPS) is 16.9. The zero-order chi connectivity index (χ0) is 37.7. The Hall–Kier alpha value is -5.14. The number of anilines is 2. The van der Waals surface area contributed by atoms with E-state index in [0.717, 1.165) is 24.8 Å². The highest BCUT2D eigenvalue weighted by atomic mass is 19.4. The molecule has 1 aromatic carbocycles. The van der Waals surface area contributed by atoms with E-state index in [1.54, 1.807) is 23.1 Å². The summed E-state index contributed by atoms with van der Waals surface area (Å²) in [7, 11) is 0. The van der Waals surface area contributed by atoms with Gasteiger partial charge in [-0.15, -0.1) is 0 Å². The standard InChI is InChI=1S/C35H47F3N10O4/c36-35(37,38)33-45-28(21-29(46-33)48-18-4-7-27(48)31(50)43-17-13-24-9-11-25(22-39)12-10-24)47-19-14-23(15-20-47)5-3-8-30(49)42-16-2-1-6-26(32(51)52)44-34(40)41/h9-12,21,23,26-27H,1-8,13-20H2,(H,42,49)(H,43,50)(H,51,52)(H4,40,41,44)/t26?,27-/m0/s1. The second-order valence-electron chi connectivity index (χ2n) is 13.2. The number of benzene rings is 1. The molecule has 0 bridgehead atoms. The second kappa shape index (κ2) is 18.9. The number of halogens is 3. The number of unbranched alkanes of at least 4 members (excludes halogenated alkanes) is 1. The van der Waals surface area contributed by atoms with Gasteiger partial charge in [-0.1, -0.05) is 12.1 Å². The zero-order valence-electron chi connectivity index (χ0n) is 29.1. The molecule has 0 aliphatic carbocycles. The van der Waals surface area contributed by atoms with Gasteiger partial charge in [0.1, 0.15) is 17.7 Å². The van der Waals surface area contributed by atoms with Crippen LogP contribution in [-0.2, 0) is 27.0 Å². The van der Waals surface area contributed by atoms with Crippen molar-refractivity contribution in [1.82, 2.24) is 20.6 Å². The second-order valence-corrected chi connectivity index (χ2v) is 13.2. The number of amides is 2. The first-order valence-corrected chi connectivity index (χ1v) is 17.7. The van der Waals surface area contributed by atoms with Gasteiger partial charge in [-0.3, -0.25) is 9.59 Å². The Morgan fingerprint density at radius 1 is 1.00 bits per heavy atom. The monoisotopic (exact) mass is 728 g/mol. The van der Waals surface area contributed by atoms with E-state index in [0.29, 0.717) is 89.2 Å². The molecule has 4 rings (SSSR count). The van der Waals surface area contributed by atoms with Gasteiger partial charge in [0.2, 0.25) is 17.6 Å². The lowest BCUT2D eigenvalue weighted by molar-refractivity contribution is -0.145. The molecule has 1 unspecified atom stereocenters. The van der Waals surface area contributed by atoms with Crippen molar-refractivity contribution in [2.24, 2.45) is 22.4 Å². The van der Waals surface area contributed by atoms with E-state index < -0.39 is 30.1 Å². The largest absolute Gasteiger partial charge is 0.480 e. The maximum absolute atomic E-state index is 14.0. The van der Waals surface area contributed by atoms with Gasteiger partial charge in [0.05, 0.1) is 11.6 Å². The average Bonchev–Trinajstić information content (AvgIpc) is 3.61. The summed E-state index contributed by atoms with van der Waals surface area (Å²) in [5, 5.41) is 23.9. The van der Waals surface area contributed by atoms with Gasteiger partial charge >= 0.3 is 12.1 Å². The number of hydrogen-bond donors (Lipinski definition) is 5. The van der Waals surface area contributed by atoms with Crippen LogP contribution in [0.4, 0.5) is 24.8 Å². The lowest BCUT2D eigenvalue weighted by Gasteiger charge is -2.34. The topological polar surface area (TPSA) is 216 Å². The molecule has 1 aromatic heterocycles. The number of nitrogens with one attached hydrogen (secondary N) is 2. The van der Waals surface area contributed by atoms with Gasteiger partial charge in [0.25, 0.3) is 0 Å². The number of carbonyl (C=O) groups excluding carboxylic acids is 2. The maximum Gasteiger partial charge on any atom is 0.451 e. The van der Waals surface area contributed by atoms with Gasteiger partial charge in [-0.25, -0.2) is 19.8 Å². The number of guanidine groups is 1. The fraction of sp³-hybridized carbons (Fsp3) is 0.571. The van der Waals surface area contributed by atoms with Crippen LogP contribution in [0.15, 0.2) is 35.3 Å². The fourth-order valence-corrected chi connectivity index (χ4v) is 6.57. The first kappa shape index (κ1) is 39.6. The number of hydrogen-bond acceptors (Lipinski definition) is 9. The minimum absolute atomic E-state index is 0.0747. The van der Waals surface area contributed by atoms with Gasteiger partial charge < -0.3 is 37.0 Å². The fourth-order valence-electron chi connectivity index (χ4n) is 6.57. The first-order chi connectivity index (χ1) is 24.8. The zero-order valence-corrected chi connectivity index (χ0v) is 29.1. The highest BCUT2D eigenvalue weighted by Gasteiger charge is 2.39. The number of alkyl halides is 3. The van der Waals surface area contributed by atoms with Crippen molar-refractivity contribution in [2.45, 2.75) is 88.9 Å². The van der Waals surface area contributed by atoms with Crippen molar-refractivity contribution in [2.75, 3.05) is 42.5 Å². The SMILES string of the molecule is N#Cc1ccc(CCNC(=O)[C@@H]2CCCN2c2cc(N3CCC(CCCC(=O)NCCCCC(N=C(N)N)C(=O)O)CC3)nc(C(F)(F)F)n2)cc1. The number of nitriles is 1. The third kappa shape index (κ3) is 12.0. The molecular formula is C35H47F3N10O4. The van der Waals surface area contributed by atoms with Crippen molar-refractivity contribution in [1.29, 1.82) is 5.26 Å². The van der Waals surface area contributed by atoms with Crippen LogP contribution in [0.3, 0.4) is 0 Å². The Kier molecular flexibility index (Phi) is 14.4. The summed E-state index contributed by atoms with van der Waals surface area (Å²) in [5.74, 6) is -2.44. The molecule has 3 heterocycles. The number of carboxylic acids is 1. The van der Waals surface area contributed by atoms with Crippen LogP contribution in [0.25, 0.3) is 0 Å². The molecule has 52 heavy (non-hydrogen) atoms. The third-order valence-electron chi connectivity index (χ3n) is 9.37. The van der Waals surface area contributed by atoms with E-state index in [1.165, 1.54) is 0 Å². The lowest BCUT2D eigenvalue weighted by Crippen LogP contribution is -2.44. The molecule has 2 fully saturated rings.